The van der Waals surface area contributed by atoms with E-state index < -0.39 is 11.7 Å². The number of likely N-dealkylation sites (N-methyl/N-ethyl adjacent to an activating group) is 1. The topological polar surface area (TPSA) is 12.0 Å². The molecular weight excluding hydrogens is 313 g/mol. The quantitative estimate of drug-likeness (QED) is 0.624. The van der Waals surface area contributed by atoms with Crippen LogP contribution in [-0.2, 0) is 12.6 Å². The molecule has 0 amide bonds. The third-order valence-corrected chi connectivity index (χ3v) is 2.35. The molecule has 0 saturated carbocycles. The smallest absolute Gasteiger partial charge is 1.00 e. The zero-order valence-electron chi connectivity index (χ0n) is 13.8. The molecule has 1 unspecified atom stereocenters. The predicted octanol–water partition coefficient (Wildman–Crippen LogP) is -2.10. The van der Waals surface area contributed by atoms with Crippen LogP contribution in [0.5, 0.6) is 0 Å². The number of nitrogens with one attached hydrogen (secondary N) is 1. The van der Waals surface area contributed by atoms with Gasteiger partial charge in [-0.25, -0.2) is 0 Å². The molecule has 0 aromatic heterocycles. The molecule has 0 aliphatic rings. The van der Waals surface area contributed by atoms with Gasteiger partial charge in [-0.2, -0.15) is 13.2 Å². The summed E-state index contributed by atoms with van der Waals surface area (Å²) in [4.78, 5) is 0. The van der Waals surface area contributed by atoms with E-state index in [-0.39, 0.29) is 102 Å². The summed E-state index contributed by atoms with van der Waals surface area (Å²) in [5.41, 5.74) is 0.136. The molecule has 19 heavy (non-hydrogen) atoms. The summed E-state index contributed by atoms with van der Waals surface area (Å²) in [5, 5.41) is 3.17. The van der Waals surface area contributed by atoms with Gasteiger partial charge in [-0.3, -0.25) is 0 Å². The summed E-state index contributed by atoms with van der Waals surface area (Å²) in [7, 11) is 0. The summed E-state index contributed by atoms with van der Waals surface area (Å²) in [6.45, 7) is 4.76. The molecule has 0 radical (unpaired) electrons. The monoisotopic (exact) mass is 331 g/mol. The summed E-state index contributed by atoms with van der Waals surface area (Å²) < 4.78 is 37.3. The largest absolute Gasteiger partial charge is 1.00 e. The van der Waals surface area contributed by atoms with Crippen LogP contribution in [0.3, 0.4) is 0 Å². The van der Waals surface area contributed by atoms with Gasteiger partial charge in [0.2, 0.25) is 0 Å². The molecule has 1 N–H and O–H groups in total. The second-order valence-electron chi connectivity index (χ2n) is 3.86. The number of halogens is 4. The molecule has 7 heteroatoms. The normalized spacial score (nSPS) is 11.6. The Balaban J connectivity index is -0.000000171. The van der Waals surface area contributed by atoms with Crippen LogP contribution < -0.4 is 86.3 Å². The molecule has 102 valence electrons. The van der Waals surface area contributed by atoms with Crippen LogP contribution >= 0.6 is 12.4 Å². The molecule has 0 aliphatic carbocycles. The molecule has 0 saturated heterocycles. The number of alkyl halides is 3. The summed E-state index contributed by atoms with van der Waals surface area (Å²) in [6.07, 6.45) is -3.64. The number of benzene rings is 1. The van der Waals surface area contributed by atoms with E-state index >= 15 is 0 Å². The number of hydrogen-bond donors (Lipinski definition) is 1. The van der Waals surface area contributed by atoms with Gasteiger partial charge < -0.3 is 8.17 Å². The molecule has 0 bridgehead atoms. The Labute approximate surface area is 186 Å². The average molecular weight is 332 g/mol. The summed E-state index contributed by atoms with van der Waals surface area (Å²) in [6, 6.07) is 5.68. The van der Waals surface area contributed by atoms with Crippen LogP contribution in [0.15, 0.2) is 24.3 Å². The van der Waals surface area contributed by atoms with Crippen molar-refractivity contribution in [3.8, 4) is 0 Å². The zero-order valence-corrected chi connectivity index (χ0v) is 17.8. The zero-order chi connectivity index (χ0) is 12.2. The van der Waals surface area contributed by atoms with Gasteiger partial charge in [0, 0.05) is 6.04 Å². The molecule has 0 spiro atoms. The van der Waals surface area contributed by atoms with Crippen LogP contribution in [0.25, 0.3) is 0 Å². The van der Waals surface area contributed by atoms with Crippen LogP contribution in [0.1, 0.15) is 27.8 Å². The number of hydrogen-bond acceptors (Lipinski definition) is 1. The van der Waals surface area contributed by atoms with Gasteiger partial charge in [0.15, 0.2) is 0 Å². The van der Waals surface area contributed by atoms with E-state index in [9.17, 15) is 13.2 Å². The van der Waals surface area contributed by atoms with Crippen molar-refractivity contribution in [3.05, 3.63) is 35.4 Å². The SMILES string of the molecule is CCNC(C)Cc1cccc(C(F)(F)F)c1.Cl.[H-].[H-].[K+].[Na+]. The van der Waals surface area contributed by atoms with E-state index in [1.165, 1.54) is 12.1 Å². The van der Waals surface area contributed by atoms with Crippen molar-refractivity contribution in [2.24, 2.45) is 0 Å². The first kappa shape index (κ1) is 25.8. The first-order chi connectivity index (χ1) is 7.43. The Bertz CT molecular complexity index is 360. The molecule has 1 rings (SSSR count). The van der Waals surface area contributed by atoms with E-state index in [1.807, 2.05) is 13.8 Å². The Hall–Kier alpha value is 1.90. The van der Waals surface area contributed by atoms with E-state index in [0.717, 1.165) is 12.6 Å². The van der Waals surface area contributed by atoms with Crippen LogP contribution in [0.4, 0.5) is 13.2 Å². The number of rotatable bonds is 4. The second kappa shape index (κ2) is 12.4. The van der Waals surface area contributed by atoms with Gasteiger partial charge >= 0.3 is 87.1 Å². The summed E-state index contributed by atoms with van der Waals surface area (Å²) in [5.74, 6) is 0. The fourth-order valence-electron chi connectivity index (χ4n) is 1.65. The van der Waals surface area contributed by atoms with Crippen molar-refractivity contribution in [1.82, 2.24) is 5.32 Å². The minimum atomic E-state index is -4.25. The minimum absolute atomic E-state index is 0. The second-order valence-corrected chi connectivity index (χ2v) is 3.86. The van der Waals surface area contributed by atoms with Crippen molar-refractivity contribution in [2.75, 3.05) is 6.54 Å². The Kier molecular flexibility index (Phi) is 16.9. The standard InChI is InChI=1S/C12H16F3N.ClH.K.Na.2H/c1-3-16-9(2)7-10-5-4-6-11(8-10)12(13,14)15;;;;;/h4-6,8-9,16H,3,7H2,1-2H3;1H;;;;/q;;2*+1;2*-1. The molecule has 0 heterocycles. The Morgan fingerprint density at radius 3 is 2.37 bits per heavy atom. The van der Waals surface area contributed by atoms with Crippen molar-refractivity contribution in [2.45, 2.75) is 32.5 Å². The molecular formula is C12H19ClF3KNNa. The van der Waals surface area contributed by atoms with Gasteiger partial charge in [0.25, 0.3) is 0 Å². The molecule has 1 aromatic carbocycles. The first-order valence-electron chi connectivity index (χ1n) is 5.33. The third-order valence-electron chi connectivity index (χ3n) is 2.35. The van der Waals surface area contributed by atoms with Crippen LogP contribution in [0, 0.1) is 0 Å². The third kappa shape index (κ3) is 10.3. The molecule has 0 fully saturated rings. The van der Waals surface area contributed by atoms with Gasteiger partial charge in [-0.05, 0) is 31.5 Å². The van der Waals surface area contributed by atoms with Gasteiger partial charge in [-0.1, -0.05) is 25.1 Å². The fourth-order valence-corrected chi connectivity index (χ4v) is 1.65. The first-order valence-corrected chi connectivity index (χ1v) is 5.33. The van der Waals surface area contributed by atoms with Crippen molar-refractivity contribution >= 4 is 12.4 Å². The van der Waals surface area contributed by atoms with Gasteiger partial charge in [0.1, 0.15) is 0 Å². The maximum absolute atomic E-state index is 12.4. The Morgan fingerprint density at radius 1 is 1.32 bits per heavy atom. The average Bonchev–Trinajstić information content (AvgIpc) is 2.17. The van der Waals surface area contributed by atoms with Crippen molar-refractivity contribution in [1.29, 1.82) is 0 Å². The maximum Gasteiger partial charge on any atom is 1.00 e. The predicted molar refractivity (Wildman–Crippen MR) is 67.8 cm³/mol. The van der Waals surface area contributed by atoms with Crippen molar-refractivity contribution < 1.29 is 97.0 Å². The molecule has 1 atom stereocenters. The summed E-state index contributed by atoms with van der Waals surface area (Å²) >= 11 is 0. The van der Waals surface area contributed by atoms with Crippen molar-refractivity contribution in [3.63, 3.8) is 0 Å². The van der Waals surface area contributed by atoms with Crippen LogP contribution in [-0.4, -0.2) is 12.6 Å². The fraction of sp³-hybridized carbons (Fsp3) is 0.500. The Morgan fingerprint density at radius 2 is 1.89 bits per heavy atom. The van der Waals surface area contributed by atoms with Gasteiger partial charge in [-0.15, -0.1) is 12.4 Å². The molecule has 0 aliphatic heterocycles. The molecule has 1 nitrogen and oxygen atoms in total. The van der Waals surface area contributed by atoms with E-state index in [1.54, 1.807) is 6.07 Å². The minimum Gasteiger partial charge on any atom is -1.00 e. The van der Waals surface area contributed by atoms with E-state index in [2.05, 4.69) is 5.32 Å². The van der Waals surface area contributed by atoms with Crippen LogP contribution in [0.2, 0.25) is 0 Å². The van der Waals surface area contributed by atoms with E-state index in [4.69, 9.17) is 0 Å². The molecule has 1 aromatic rings. The van der Waals surface area contributed by atoms with E-state index in [0.29, 0.717) is 12.0 Å². The maximum atomic E-state index is 12.4. The van der Waals surface area contributed by atoms with Gasteiger partial charge in [0.05, 0.1) is 5.56 Å².